The average Bonchev–Trinajstić information content (AvgIpc) is 3.80. The summed E-state index contributed by atoms with van der Waals surface area (Å²) in [4.78, 5) is 15.3. The van der Waals surface area contributed by atoms with Gasteiger partial charge < -0.3 is 4.74 Å². The zero-order chi connectivity index (χ0) is 40.0. The van der Waals surface area contributed by atoms with E-state index in [1.807, 2.05) is 18.2 Å². The Hall–Kier alpha value is -7.43. The van der Waals surface area contributed by atoms with Crippen molar-refractivity contribution < 1.29 is 4.74 Å². The third kappa shape index (κ3) is 5.48. The average molecular weight is 770 g/mol. The number of aromatic nitrogens is 3. The third-order valence-corrected chi connectivity index (χ3v) is 12.9. The molecule has 9 aromatic rings. The van der Waals surface area contributed by atoms with E-state index in [4.69, 9.17) is 19.7 Å². The van der Waals surface area contributed by atoms with Gasteiger partial charge in [-0.3, -0.25) is 0 Å². The molecule has 2 atom stereocenters. The first-order chi connectivity index (χ1) is 29.5. The minimum absolute atomic E-state index is 0.0516. The van der Waals surface area contributed by atoms with Crippen LogP contribution < -0.4 is 4.74 Å². The second-order valence-corrected chi connectivity index (χ2v) is 16.7. The molecule has 60 heavy (non-hydrogen) atoms. The van der Waals surface area contributed by atoms with Crippen molar-refractivity contribution in [3.05, 3.63) is 210 Å². The molecule has 1 aliphatic heterocycles. The highest BCUT2D eigenvalue weighted by atomic mass is 16.5. The normalized spacial score (nSPS) is 16.8. The van der Waals surface area contributed by atoms with E-state index in [0.717, 1.165) is 28.0 Å². The summed E-state index contributed by atoms with van der Waals surface area (Å²) in [5.74, 6) is 2.97. The Labute approximate surface area is 349 Å². The van der Waals surface area contributed by atoms with Crippen molar-refractivity contribution in [1.82, 2.24) is 15.0 Å². The molecule has 12 rings (SSSR count). The fourth-order valence-corrected chi connectivity index (χ4v) is 9.79. The van der Waals surface area contributed by atoms with Gasteiger partial charge in [0.2, 0.25) is 0 Å². The minimum Gasteiger partial charge on any atom is -0.485 e. The lowest BCUT2D eigenvalue weighted by atomic mass is 9.82. The topological polar surface area (TPSA) is 47.9 Å². The van der Waals surface area contributed by atoms with Crippen LogP contribution in [-0.2, 0) is 5.41 Å². The molecule has 8 aromatic carbocycles. The maximum Gasteiger partial charge on any atom is 0.164 e. The van der Waals surface area contributed by atoms with Gasteiger partial charge in [0.1, 0.15) is 11.9 Å². The van der Waals surface area contributed by atoms with Crippen LogP contribution in [0.4, 0.5) is 0 Å². The van der Waals surface area contributed by atoms with E-state index in [2.05, 4.69) is 184 Å². The first-order valence-corrected chi connectivity index (χ1v) is 20.7. The molecule has 0 fully saturated rings. The van der Waals surface area contributed by atoms with Crippen LogP contribution in [0.15, 0.2) is 188 Å². The van der Waals surface area contributed by atoms with Crippen molar-refractivity contribution >= 4 is 27.1 Å². The van der Waals surface area contributed by atoms with E-state index in [9.17, 15) is 0 Å². The van der Waals surface area contributed by atoms with E-state index in [0.29, 0.717) is 17.5 Å². The molecule has 0 saturated heterocycles. The van der Waals surface area contributed by atoms with Gasteiger partial charge in [0.05, 0.1) is 0 Å². The first kappa shape index (κ1) is 34.6. The van der Waals surface area contributed by atoms with Crippen molar-refractivity contribution in [3.63, 3.8) is 0 Å². The summed E-state index contributed by atoms with van der Waals surface area (Å²) in [6.45, 7) is 4.61. The Bertz CT molecular complexity index is 3270. The quantitative estimate of drug-likeness (QED) is 0.164. The number of nitrogens with zero attached hydrogens (tertiary/aromatic N) is 3. The van der Waals surface area contributed by atoms with Crippen LogP contribution in [0.2, 0.25) is 0 Å². The Kier molecular flexibility index (Phi) is 7.67. The number of fused-ring (bicyclic) bond motifs is 9. The molecule has 1 aromatic heterocycles. The van der Waals surface area contributed by atoms with Crippen LogP contribution >= 0.6 is 0 Å². The van der Waals surface area contributed by atoms with E-state index in [-0.39, 0.29) is 17.4 Å². The predicted molar refractivity (Wildman–Crippen MR) is 245 cm³/mol. The van der Waals surface area contributed by atoms with Gasteiger partial charge in [0.15, 0.2) is 17.5 Å². The monoisotopic (exact) mass is 769 g/mol. The van der Waals surface area contributed by atoms with Gasteiger partial charge in [-0.05, 0) is 90.3 Å². The highest BCUT2D eigenvalue weighted by molar-refractivity contribution is 6.08. The zero-order valence-electron chi connectivity index (χ0n) is 33.3. The van der Waals surface area contributed by atoms with Crippen LogP contribution in [0, 0.1) is 0 Å². The van der Waals surface area contributed by atoms with Crippen LogP contribution in [0.5, 0.6) is 5.75 Å². The smallest absolute Gasteiger partial charge is 0.164 e. The van der Waals surface area contributed by atoms with Gasteiger partial charge in [-0.25, -0.2) is 15.0 Å². The lowest BCUT2D eigenvalue weighted by Crippen LogP contribution is -2.17. The summed E-state index contributed by atoms with van der Waals surface area (Å²) in [5.41, 5.74) is 13.9. The van der Waals surface area contributed by atoms with Crippen LogP contribution in [0.1, 0.15) is 42.0 Å². The van der Waals surface area contributed by atoms with Crippen LogP contribution in [0.3, 0.4) is 0 Å². The molecule has 0 saturated carbocycles. The molecule has 284 valence electrons. The summed E-state index contributed by atoms with van der Waals surface area (Å²) in [6, 6.07) is 60.5. The fourth-order valence-electron chi connectivity index (χ4n) is 9.79. The number of allylic oxidation sites excluding steroid dienone is 2. The number of ether oxygens (including phenoxy) is 1. The molecule has 0 spiro atoms. The van der Waals surface area contributed by atoms with Gasteiger partial charge in [0.25, 0.3) is 0 Å². The van der Waals surface area contributed by atoms with E-state index in [1.54, 1.807) is 0 Å². The maximum atomic E-state index is 6.59. The molecule has 4 nitrogen and oxygen atoms in total. The second kappa shape index (κ2) is 13.3. The standard InChI is InChI=1S/C56H39N3O/c1-56(2)48-17-9-8-15-44(48)46-33-41(27-29-49(46)56)55-58-53(37-12-4-3-5-13-37)57-54(59-55)38-24-21-35(22-25-38)43-16-10-18-51-52(43)47-32-40(28-30-50(47)60-51)39-26-23-36-20-19-34-11-6-7-14-42(34)45(36)31-39/h3-33,47,50H,1-2H3. The van der Waals surface area contributed by atoms with Gasteiger partial charge in [-0.1, -0.05) is 178 Å². The van der Waals surface area contributed by atoms with Gasteiger partial charge >= 0.3 is 0 Å². The predicted octanol–water partition coefficient (Wildman–Crippen LogP) is 13.7. The van der Waals surface area contributed by atoms with Crippen molar-refractivity contribution in [3.8, 4) is 62.2 Å². The molecule has 2 heterocycles. The zero-order valence-corrected chi connectivity index (χ0v) is 33.3. The SMILES string of the molecule is CC1(C)c2ccccc2-c2cc(-c3nc(-c4ccccc4)nc(-c4ccc(-c5cccc6c5C5C=C(c7ccc8ccc9ccccc9c8c7)C=CC5O6)cc4)n3)ccc21. The number of benzene rings is 8. The number of hydrogen-bond acceptors (Lipinski definition) is 4. The summed E-state index contributed by atoms with van der Waals surface area (Å²) in [7, 11) is 0. The van der Waals surface area contributed by atoms with Crippen molar-refractivity contribution in [2.45, 2.75) is 31.3 Å². The molecule has 4 heteroatoms. The minimum atomic E-state index is -0.0726. The van der Waals surface area contributed by atoms with Crippen LogP contribution in [0.25, 0.3) is 83.5 Å². The largest absolute Gasteiger partial charge is 0.485 e. The molecule has 0 bridgehead atoms. The van der Waals surface area contributed by atoms with Crippen LogP contribution in [-0.4, -0.2) is 21.1 Å². The molecule has 3 aliphatic rings. The van der Waals surface area contributed by atoms with Gasteiger partial charge in [-0.2, -0.15) is 0 Å². The highest BCUT2D eigenvalue weighted by Crippen LogP contribution is 2.50. The third-order valence-electron chi connectivity index (χ3n) is 12.9. The van der Waals surface area contributed by atoms with E-state index in [1.165, 1.54) is 66.1 Å². The summed E-state index contributed by atoms with van der Waals surface area (Å²) in [6.07, 6.45) is 6.80. The summed E-state index contributed by atoms with van der Waals surface area (Å²) >= 11 is 0. The highest BCUT2D eigenvalue weighted by Gasteiger charge is 2.37. The van der Waals surface area contributed by atoms with Gasteiger partial charge in [-0.15, -0.1) is 0 Å². The fraction of sp³-hybridized carbons (Fsp3) is 0.0893. The summed E-state index contributed by atoms with van der Waals surface area (Å²) in [5, 5.41) is 5.05. The lowest BCUT2D eigenvalue weighted by molar-refractivity contribution is 0.269. The Morgan fingerprint density at radius 2 is 1.08 bits per heavy atom. The lowest BCUT2D eigenvalue weighted by Gasteiger charge is -2.21. The Morgan fingerprint density at radius 1 is 0.467 bits per heavy atom. The molecular weight excluding hydrogens is 731 g/mol. The molecule has 0 N–H and O–H groups in total. The maximum absolute atomic E-state index is 6.59. The van der Waals surface area contributed by atoms with Crippen molar-refractivity contribution in [2.24, 2.45) is 0 Å². The van der Waals surface area contributed by atoms with E-state index < -0.39 is 0 Å². The number of rotatable bonds is 5. The van der Waals surface area contributed by atoms with Crippen molar-refractivity contribution in [2.75, 3.05) is 0 Å². The Morgan fingerprint density at radius 3 is 1.92 bits per heavy atom. The molecule has 2 unspecified atom stereocenters. The molecule has 0 radical (unpaired) electrons. The number of hydrogen-bond donors (Lipinski definition) is 0. The molecular formula is C56H39N3O. The Balaban J connectivity index is 0.911. The molecule has 0 amide bonds. The van der Waals surface area contributed by atoms with Gasteiger partial charge in [0, 0.05) is 33.6 Å². The summed E-state index contributed by atoms with van der Waals surface area (Å²) < 4.78 is 6.59. The van der Waals surface area contributed by atoms with E-state index >= 15 is 0 Å². The van der Waals surface area contributed by atoms with Crippen molar-refractivity contribution in [1.29, 1.82) is 0 Å². The second-order valence-electron chi connectivity index (χ2n) is 16.7. The molecule has 2 aliphatic carbocycles. The first-order valence-electron chi connectivity index (χ1n) is 20.7.